The summed E-state index contributed by atoms with van der Waals surface area (Å²) in [6.45, 7) is -0.147. The zero-order chi connectivity index (χ0) is 15.1. The lowest BCUT2D eigenvalue weighted by Crippen LogP contribution is -2.27. The van der Waals surface area contributed by atoms with E-state index in [2.05, 4.69) is 4.98 Å². The molecule has 110 valence electrons. The number of rotatable bonds is 2. The minimum atomic E-state index is -4.62. The highest BCUT2D eigenvalue weighted by Crippen LogP contribution is 2.31. The molecule has 5 N–H and O–H groups in total. The molecule has 0 aliphatic carbocycles. The molecule has 1 aromatic heterocycles. The Balaban J connectivity index is 2.45. The van der Waals surface area contributed by atoms with Gasteiger partial charge in [-0.3, -0.25) is 5.41 Å². The van der Waals surface area contributed by atoms with Crippen LogP contribution in [0.4, 0.5) is 19.0 Å². The molecule has 2 unspecified atom stereocenters. The molecule has 1 fully saturated rings. The van der Waals surface area contributed by atoms with Crippen molar-refractivity contribution in [1.82, 2.24) is 4.98 Å². The second-order valence-electron chi connectivity index (χ2n) is 4.52. The van der Waals surface area contributed by atoms with Crippen LogP contribution in [0.15, 0.2) is 12.1 Å². The van der Waals surface area contributed by atoms with E-state index in [-0.39, 0.29) is 24.5 Å². The van der Waals surface area contributed by atoms with Crippen LogP contribution in [-0.4, -0.2) is 46.3 Å². The Labute approximate surface area is 112 Å². The molecule has 20 heavy (non-hydrogen) atoms. The van der Waals surface area contributed by atoms with Crippen LogP contribution < -0.4 is 10.6 Å². The van der Waals surface area contributed by atoms with Crippen molar-refractivity contribution in [2.75, 3.05) is 18.0 Å². The van der Waals surface area contributed by atoms with E-state index < -0.39 is 29.9 Å². The first-order chi connectivity index (χ1) is 9.20. The van der Waals surface area contributed by atoms with Crippen LogP contribution in [0.3, 0.4) is 0 Å². The quantitative estimate of drug-likeness (QED) is 0.450. The standard InChI is InChI=1S/C11H13F3N4O2/c12-11(13,14)8-2-1-5(9(15)16)10(17-8)18-3-6(19)7(20)4-18/h1-2,6-7,19-20H,3-4H2,(H3,15,16). The van der Waals surface area contributed by atoms with E-state index in [1.165, 1.54) is 4.90 Å². The molecule has 2 heterocycles. The number of alkyl halides is 3. The zero-order valence-corrected chi connectivity index (χ0v) is 10.2. The van der Waals surface area contributed by atoms with Crippen LogP contribution >= 0.6 is 0 Å². The molecule has 0 aromatic carbocycles. The van der Waals surface area contributed by atoms with Gasteiger partial charge in [-0.15, -0.1) is 0 Å². The van der Waals surface area contributed by atoms with E-state index in [0.717, 1.165) is 12.1 Å². The molecule has 0 saturated carbocycles. The van der Waals surface area contributed by atoms with Gasteiger partial charge >= 0.3 is 6.18 Å². The summed E-state index contributed by atoms with van der Waals surface area (Å²) in [6.07, 6.45) is -6.78. The fraction of sp³-hybridized carbons (Fsp3) is 0.455. The number of pyridine rings is 1. The molecule has 0 bridgehead atoms. The number of nitrogen functional groups attached to an aromatic ring is 1. The minimum absolute atomic E-state index is 0.0271. The summed E-state index contributed by atoms with van der Waals surface area (Å²) in [5.74, 6) is -0.597. The van der Waals surface area contributed by atoms with Crippen LogP contribution in [-0.2, 0) is 6.18 Å². The van der Waals surface area contributed by atoms with Crippen LogP contribution in [0.25, 0.3) is 0 Å². The second-order valence-corrected chi connectivity index (χ2v) is 4.52. The highest BCUT2D eigenvalue weighted by Gasteiger charge is 2.36. The van der Waals surface area contributed by atoms with Gasteiger partial charge in [0.05, 0.1) is 17.8 Å². The number of β-amino-alcohol motifs (C(OH)–C–C–N with tert-alkyl or cyclic N) is 2. The molecule has 1 saturated heterocycles. The third-order valence-corrected chi connectivity index (χ3v) is 3.01. The molecule has 1 aliphatic heterocycles. The van der Waals surface area contributed by atoms with Crippen LogP contribution in [0.2, 0.25) is 0 Å². The Morgan fingerprint density at radius 1 is 1.30 bits per heavy atom. The summed E-state index contributed by atoms with van der Waals surface area (Å²) < 4.78 is 38.0. The number of nitrogens with one attached hydrogen (secondary N) is 1. The van der Waals surface area contributed by atoms with E-state index in [1.807, 2.05) is 0 Å². The molecule has 2 atom stereocenters. The molecule has 0 amide bonds. The lowest BCUT2D eigenvalue weighted by molar-refractivity contribution is -0.141. The maximum absolute atomic E-state index is 12.7. The average molecular weight is 290 g/mol. The van der Waals surface area contributed by atoms with Crippen molar-refractivity contribution >= 4 is 11.7 Å². The predicted octanol–water partition coefficient (Wildman–Crippen LogP) is -0.0737. The summed E-state index contributed by atoms with van der Waals surface area (Å²) in [4.78, 5) is 4.75. The predicted molar refractivity (Wildman–Crippen MR) is 64.5 cm³/mol. The van der Waals surface area contributed by atoms with E-state index >= 15 is 0 Å². The highest BCUT2D eigenvalue weighted by atomic mass is 19.4. The molecule has 6 nitrogen and oxygen atoms in total. The van der Waals surface area contributed by atoms with Gasteiger partial charge in [-0.05, 0) is 12.1 Å². The summed E-state index contributed by atoms with van der Waals surface area (Å²) in [7, 11) is 0. The van der Waals surface area contributed by atoms with Crippen molar-refractivity contribution in [1.29, 1.82) is 5.41 Å². The lowest BCUT2D eigenvalue weighted by Gasteiger charge is -2.21. The van der Waals surface area contributed by atoms with Gasteiger partial charge in [0.15, 0.2) is 0 Å². The van der Waals surface area contributed by atoms with E-state index in [0.29, 0.717) is 0 Å². The molecule has 0 radical (unpaired) electrons. The second kappa shape index (κ2) is 4.91. The van der Waals surface area contributed by atoms with Crippen molar-refractivity contribution in [2.45, 2.75) is 18.4 Å². The van der Waals surface area contributed by atoms with Crippen LogP contribution in [0.1, 0.15) is 11.3 Å². The number of halogens is 3. The van der Waals surface area contributed by atoms with E-state index in [9.17, 15) is 23.4 Å². The fourth-order valence-electron chi connectivity index (χ4n) is 2.00. The highest BCUT2D eigenvalue weighted by molar-refractivity contribution is 5.99. The van der Waals surface area contributed by atoms with Crippen LogP contribution in [0, 0.1) is 5.41 Å². The fourth-order valence-corrected chi connectivity index (χ4v) is 2.00. The molecule has 1 aliphatic rings. The Morgan fingerprint density at radius 2 is 1.85 bits per heavy atom. The van der Waals surface area contributed by atoms with Gasteiger partial charge in [-0.1, -0.05) is 0 Å². The first kappa shape index (κ1) is 14.5. The molecule has 2 rings (SSSR count). The van der Waals surface area contributed by atoms with Gasteiger partial charge in [0, 0.05) is 13.1 Å². The smallest absolute Gasteiger partial charge is 0.389 e. The zero-order valence-electron chi connectivity index (χ0n) is 10.2. The maximum atomic E-state index is 12.7. The molecule has 9 heteroatoms. The normalized spacial score (nSPS) is 23.1. The van der Waals surface area contributed by atoms with Crippen molar-refractivity contribution < 1.29 is 23.4 Å². The number of nitrogens with zero attached hydrogens (tertiary/aromatic N) is 2. The number of nitrogens with two attached hydrogens (primary N) is 1. The Hall–Kier alpha value is -1.87. The van der Waals surface area contributed by atoms with Gasteiger partial charge in [-0.2, -0.15) is 13.2 Å². The van der Waals surface area contributed by atoms with Gasteiger partial charge in [-0.25, -0.2) is 4.98 Å². The molecule has 1 aromatic rings. The molecular weight excluding hydrogens is 277 g/mol. The Bertz CT molecular complexity index is 525. The molecular formula is C11H13F3N4O2. The topological polar surface area (TPSA) is 106 Å². The Morgan fingerprint density at radius 3 is 2.30 bits per heavy atom. The number of anilines is 1. The maximum Gasteiger partial charge on any atom is 0.433 e. The molecule has 0 spiro atoms. The Kier molecular flexibility index (Phi) is 3.57. The first-order valence-electron chi connectivity index (χ1n) is 5.74. The number of amidine groups is 1. The van der Waals surface area contributed by atoms with Gasteiger partial charge < -0.3 is 20.8 Å². The van der Waals surface area contributed by atoms with Crippen molar-refractivity contribution in [2.24, 2.45) is 5.73 Å². The number of aliphatic hydroxyl groups excluding tert-OH is 2. The summed E-state index contributed by atoms with van der Waals surface area (Å²) >= 11 is 0. The van der Waals surface area contributed by atoms with E-state index in [1.54, 1.807) is 0 Å². The van der Waals surface area contributed by atoms with Crippen molar-refractivity contribution in [3.8, 4) is 0 Å². The van der Waals surface area contributed by atoms with Gasteiger partial charge in [0.2, 0.25) is 0 Å². The third kappa shape index (κ3) is 2.68. The van der Waals surface area contributed by atoms with Crippen molar-refractivity contribution in [3.63, 3.8) is 0 Å². The van der Waals surface area contributed by atoms with Crippen LogP contribution in [0.5, 0.6) is 0 Å². The average Bonchev–Trinajstić information content (AvgIpc) is 2.67. The third-order valence-electron chi connectivity index (χ3n) is 3.01. The number of aliphatic hydroxyl groups is 2. The lowest BCUT2D eigenvalue weighted by atomic mass is 10.2. The monoisotopic (exact) mass is 290 g/mol. The minimum Gasteiger partial charge on any atom is -0.389 e. The summed E-state index contributed by atoms with van der Waals surface area (Å²) in [5.41, 5.74) is 4.23. The summed E-state index contributed by atoms with van der Waals surface area (Å²) in [6, 6.07) is 1.80. The largest absolute Gasteiger partial charge is 0.433 e. The number of hydrogen-bond acceptors (Lipinski definition) is 5. The number of hydrogen-bond donors (Lipinski definition) is 4. The summed E-state index contributed by atoms with van der Waals surface area (Å²) in [5, 5.41) is 26.3. The van der Waals surface area contributed by atoms with Gasteiger partial charge in [0.25, 0.3) is 0 Å². The van der Waals surface area contributed by atoms with Crippen molar-refractivity contribution in [3.05, 3.63) is 23.4 Å². The van der Waals surface area contributed by atoms with Gasteiger partial charge in [0.1, 0.15) is 17.3 Å². The van der Waals surface area contributed by atoms with E-state index in [4.69, 9.17) is 11.1 Å². The SMILES string of the molecule is N=C(N)c1ccc(C(F)(F)F)nc1N1CC(O)C(O)C1. The number of aromatic nitrogens is 1. The first-order valence-corrected chi connectivity index (χ1v) is 5.74.